The van der Waals surface area contributed by atoms with E-state index in [-0.39, 0.29) is 17.9 Å². The van der Waals surface area contributed by atoms with Crippen molar-refractivity contribution in [2.24, 2.45) is 5.92 Å². The zero-order valence-electron chi connectivity index (χ0n) is 16.0. The number of amides is 1. The maximum atomic E-state index is 13.2. The SMILES string of the molecule is O=C(NC(c1ccccc1)c1ccc(Br)cc1)C1CCCN(c2cnccn2)C1. The number of carbonyl (C=O) groups excluding carboxylic acids is 1. The Morgan fingerprint density at radius 2 is 1.83 bits per heavy atom. The number of hydrogen-bond acceptors (Lipinski definition) is 4. The van der Waals surface area contributed by atoms with Gasteiger partial charge in [-0.05, 0) is 36.1 Å². The summed E-state index contributed by atoms with van der Waals surface area (Å²) >= 11 is 3.49. The van der Waals surface area contributed by atoms with Crippen LogP contribution < -0.4 is 10.2 Å². The minimum Gasteiger partial charge on any atom is -0.355 e. The van der Waals surface area contributed by atoms with E-state index in [0.717, 1.165) is 40.8 Å². The molecule has 1 fully saturated rings. The van der Waals surface area contributed by atoms with Crippen molar-refractivity contribution in [2.75, 3.05) is 18.0 Å². The van der Waals surface area contributed by atoms with E-state index in [9.17, 15) is 4.79 Å². The standard InChI is InChI=1S/C23H23BrN4O/c24-20-10-8-18(9-11-20)22(17-5-2-1-3-6-17)27-23(29)19-7-4-14-28(16-19)21-15-25-12-13-26-21/h1-3,5-6,8-13,15,19,22H,4,7,14,16H2,(H,27,29). The number of piperidine rings is 1. The summed E-state index contributed by atoms with van der Waals surface area (Å²) < 4.78 is 1.02. The molecule has 2 heterocycles. The van der Waals surface area contributed by atoms with Crippen LogP contribution in [-0.4, -0.2) is 29.0 Å². The Bertz CT molecular complexity index is 934. The predicted molar refractivity (Wildman–Crippen MR) is 118 cm³/mol. The van der Waals surface area contributed by atoms with Crippen LogP contribution in [-0.2, 0) is 4.79 Å². The second-order valence-electron chi connectivity index (χ2n) is 7.25. The Balaban J connectivity index is 1.52. The lowest BCUT2D eigenvalue weighted by Crippen LogP contribution is -2.44. The van der Waals surface area contributed by atoms with Gasteiger partial charge >= 0.3 is 0 Å². The normalized spacial score (nSPS) is 17.6. The molecule has 1 aliphatic rings. The molecule has 1 saturated heterocycles. The molecule has 29 heavy (non-hydrogen) atoms. The number of carbonyl (C=O) groups is 1. The summed E-state index contributed by atoms with van der Waals surface area (Å²) in [6.07, 6.45) is 6.96. The minimum absolute atomic E-state index is 0.0765. The molecule has 4 rings (SSSR count). The highest BCUT2D eigenvalue weighted by Crippen LogP contribution is 2.26. The molecule has 148 valence electrons. The number of aromatic nitrogens is 2. The van der Waals surface area contributed by atoms with Crippen LogP contribution >= 0.6 is 15.9 Å². The summed E-state index contributed by atoms with van der Waals surface area (Å²) in [6, 6.07) is 18.0. The average Bonchev–Trinajstić information content (AvgIpc) is 2.79. The van der Waals surface area contributed by atoms with Crippen molar-refractivity contribution in [3.05, 3.63) is 88.8 Å². The molecule has 2 aromatic carbocycles. The molecule has 6 heteroatoms. The topological polar surface area (TPSA) is 58.1 Å². The molecule has 5 nitrogen and oxygen atoms in total. The monoisotopic (exact) mass is 450 g/mol. The zero-order valence-corrected chi connectivity index (χ0v) is 17.6. The first-order valence-corrected chi connectivity index (χ1v) is 10.6. The lowest BCUT2D eigenvalue weighted by atomic mass is 9.94. The zero-order chi connectivity index (χ0) is 20.1. The van der Waals surface area contributed by atoms with E-state index in [1.807, 2.05) is 30.3 Å². The van der Waals surface area contributed by atoms with Crippen LogP contribution in [0.15, 0.2) is 77.7 Å². The Morgan fingerprint density at radius 3 is 2.55 bits per heavy atom. The van der Waals surface area contributed by atoms with E-state index in [1.54, 1.807) is 18.6 Å². The van der Waals surface area contributed by atoms with E-state index >= 15 is 0 Å². The summed E-state index contributed by atoms with van der Waals surface area (Å²) in [6.45, 7) is 1.56. The highest BCUT2D eigenvalue weighted by atomic mass is 79.9. The average molecular weight is 451 g/mol. The van der Waals surface area contributed by atoms with E-state index in [0.29, 0.717) is 6.54 Å². The van der Waals surface area contributed by atoms with Crippen molar-refractivity contribution in [3.8, 4) is 0 Å². The van der Waals surface area contributed by atoms with Crippen LogP contribution in [0.5, 0.6) is 0 Å². The third-order valence-electron chi connectivity index (χ3n) is 5.29. The Labute approximate surface area is 179 Å². The van der Waals surface area contributed by atoms with Gasteiger partial charge in [0.15, 0.2) is 0 Å². The maximum absolute atomic E-state index is 13.2. The van der Waals surface area contributed by atoms with Crippen LogP contribution in [0.2, 0.25) is 0 Å². The Hall–Kier alpha value is -2.73. The van der Waals surface area contributed by atoms with Crippen LogP contribution in [0.4, 0.5) is 5.82 Å². The predicted octanol–water partition coefficient (Wildman–Crippen LogP) is 4.36. The minimum atomic E-state index is -0.177. The maximum Gasteiger partial charge on any atom is 0.225 e. The number of rotatable bonds is 5. The number of hydrogen-bond donors (Lipinski definition) is 1. The lowest BCUT2D eigenvalue weighted by Gasteiger charge is -2.33. The van der Waals surface area contributed by atoms with Gasteiger partial charge in [-0.1, -0.05) is 58.4 Å². The van der Waals surface area contributed by atoms with Gasteiger partial charge in [-0.2, -0.15) is 0 Å². The van der Waals surface area contributed by atoms with Crippen molar-refractivity contribution >= 4 is 27.7 Å². The van der Waals surface area contributed by atoms with E-state index in [4.69, 9.17) is 0 Å². The Kier molecular flexibility index (Phi) is 6.20. The molecular formula is C23H23BrN4O. The van der Waals surface area contributed by atoms with Gasteiger partial charge in [-0.15, -0.1) is 0 Å². The molecule has 0 aliphatic carbocycles. The molecular weight excluding hydrogens is 428 g/mol. The van der Waals surface area contributed by atoms with Gasteiger partial charge in [0, 0.05) is 30.0 Å². The first kappa shape index (κ1) is 19.6. The second-order valence-corrected chi connectivity index (χ2v) is 8.17. The second kappa shape index (κ2) is 9.18. The molecule has 3 aromatic rings. The van der Waals surface area contributed by atoms with Gasteiger partial charge in [-0.3, -0.25) is 9.78 Å². The fraction of sp³-hybridized carbons (Fsp3) is 0.261. The van der Waals surface area contributed by atoms with Crippen molar-refractivity contribution in [2.45, 2.75) is 18.9 Å². The van der Waals surface area contributed by atoms with E-state index < -0.39 is 0 Å². The third-order valence-corrected chi connectivity index (χ3v) is 5.82. The fourth-order valence-corrected chi connectivity index (χ4v) is 4.04. The molecule has 2 unspecified atom stereocenters. The molecule has 0 bridgehead atoms. The van der Waals surface area contributed by atoms with Crippen molar-refractivity contribution < 1.29 is 4.79 Å². The smallest absolute Gasteiger partial charge is 0.225 e. The molecule has 0 saturated carbocycles. The first-order valence-electron chi connectivity index (χ1n) is 9.82. The number of benzene rings is 2. The lowest BCUT2D eigenvalue weighted by molar-refractivity contribution is -0.125. The first-order chi connectivity index (χ1) is 14.2. The number of nitrogens with zero attached hydrogens (tertiary/aromatic N) is 3. The third kappa shape index (κ3) is 4.82. The summed E-state index contributed by atoms with van der Waals surface area (Å²) in [5, 5.41) is 3.29. The van der Waals surface area contributed by atoms with Gasteiger partial charge in [-0.25, -0.2) is 4.98 Å². The molecule has 2 atom stereocenters. The van der Waals surface area contributed by atoms with E-state index in [1.165, 1.54) is 0 Å². The van der Waals surface area contributed by atoms with Crippen LogP contribution in [0, 0.1) is 5.92 Å². The summed E-state index contributed by atoms with van der Waals surface area (Å²) in [4.78, 5) is 23.9. The van der Waals surface area contributed by atoms with Crippen molar-refractivity contribution in [1.82, 2.24) is 15.3 Å². The highest BCUT2D eigenvalue weighted by molar-refractivity contribution is 9.10. The van der Waals surface area contributed by atoms with Gasteiger partial charge in [0.05, 0.1) is 18.2 Å². The van der Waals surface area contributed by atoms with Crippen molar-refractivity contribution in [1.29, 1.82) is 0 Å². The van der Waals surface area contributed by atoms with Crippen molar-refractivity contribution in [3.63, 3.8) is 0 Å². The van der Waals surface area contributed by atoms with E-state index in [2.05, 4.69) is 60.4 Å². The number of nitrogens with one attached hydrogen (secondary N) is 1. The molecule has 1 N–H and O–H groups in total. The highest BCUT2D eigenvalue weighted by Gasteiger charge is 2.28. The van der Waals surface area contributed by atoms with Crippen LogP contribution in [0.1, 0.15) is 30.0 Å². The van der Waals surface area contributed by atoms with Gasteiger partial charge in [0.25, 0.3) is 0 Å². The molecule has 0 spiro atoms. The summed E-state index contributed by atoms with van der Waals surface area (Å²) in [7, 11) is 0. The summed E-state index contributed by atoms with van der Waals surface area (Å²) in [5.74, 6) is 0.834. The fourth-order valence-electron chi connectivity index (χ4n) is 3.77. The molecule has 1 aliphatic heterocycles. The van der Waals surface area contributed by atoms with Gasteiger partial charge in [0.2, 0.25) is 5.91 Å². The molecule has 1 amide bonds. The molecule has 0 radical (unpaired) electrons. The van der Waals surface area contributed by atoms with Gasteiger partial charge < -0.3 is 10.2 Å². The Morgan fingerprint density at radius 1 is 1.07 bits per heavy atom. The van der Waals surface area contributed by atoms with Crippen LogP contribution in [0.25, 0.3) is 0 Å². The van der Waals surface area contributed by atoms with Gasteiger partial charge in [0.1, 0.15) is 5.82 Å². The number of halogens is 1. The van der Waals surface area contributed by atoms with Crippen LogP contribution in [0.3, 0.4) is 0 Å². The summed E-state index contributed by atoms with van der Waals surface area (Å²) in [5.41, 5.74) is 2.14. The largest absolute Gasteiger partial charge is 0.355 e. The number of anilines is 1. The molecule has 1 aromatic heterocycles. The quantitative estimate of drug-likeness (QED) is 0.627.